The van der Waals surface area contributed by atoms with Gasteiger partial charge in [0, 0.05) is 19.7 Å². The molecule has 7 nitrogen and oxygen atoms in total. The van der Waals surface area contributed by atoms with Crippen LogP contribution in [-0.2, 0) is 14.1 Å². The molecular weight excluding hydrogens is 466 g/mol. The lowest BCUT2D eigenvalue weighted by atomic mass is 10.0. The Hall–Kier alpha value is -4.52. The molecule has 0 fully saturated rings. The zero-order chi connectivity index (χ0) is 25.8. The predicted molar refractivity (Wildman–Crippen MR) is 144 cm³/mol. The van der Waals surface area contributed by atoms with Crippen molar-refractivity contribution in [3.8, 4) is 28.4 Å². The molecule has 0 radical (unpaired) electrons. The van der Waals surface area contributed by atoms with Crippen molar-refractivity contribution >= 4 is 10.9 Å². The first kappa shape index (κ1) is 22.9. The molecule has 0 saturated heterocycles. The molecule has 0 amide bonds. The van der Waals surface area contributed by atoms with Crippen molar-refractivity contribution in [3.05, 3.63) is 110 Å². The summed E-state index contributed by atoms with van der Waals surface area (Å²) in [4.78, 5) is 27.0. The zero-order valence-corrected chi connectivity index (χ0v) is 21.2. The number of para-hydroxylation sites is 3. The smallest absolute Gasteiger partial charge is 0.331 e. The highest BCUT2D eigenvalue weighted by Crippen LogP contribution is 2.47. The maximum atomic E-state index is 13.8. The van der Waals surface area contributed by atoms with Crippen LogP contribution in [0, 0.1) is 6.92 Å². The van der Waals surface area contributed by atoms with Gasteiger partial charge in [0.2, 0.25) is 0 Å². The number of rotatable bonds is 4. The minimum Gasteiger partial charge on any atom is -0.493 e. The molecule has 0 N–H and O–H groups in total. The number of benzene rings is 3. The second kappa shape index (κ2) is 8.55. The van der Waals surface area contributed by atoms with Crippen LogP contribution in [0.5, 0.6) is 11.5 Å². The fraction of sp³-hybridized carbons (Fsp3) is 0.200. The molecule has 2 aromatic heterocycles. The normalized spacial score (nSPS) is 14.2. The summed E-state index contributed by atoms with van der Waals surface area (Å²) in [6, 6.07) is 23.6. The third-order valence-corrected chi connectivity index (χ3v) is 7.03. The van der Waals surface area contributed by atoms with Crippen LogP contribution in [0.4, 0.5) is 0 Å². The molecule has 1 aliphatic rings. The SMILES string of the molecule is CCOc1ccccc1[C@@H]1Oc2ccccc2-n2c(-c3ccc(C)cc3)c3c(=O)n(C)c(=O)n(C)c3c21. The molecule has 0 saturated carbocycles. The minimum atomic E-state index is -0.614. The molecule has 6 rings (SSSR count). The molecule has 1 atom stereocenters. The Labute approximate surface area is 213 Å². The number of aromatic nitrogens is 3. The fourth-order valence-corrected chi connectivity index (χ4v) is 5.29. The summed E-state index contributed by atoms with van der Waals surface area (Å²) in [6.07, 6.45) is -0.614. The lowest BCUT2D eigenvalue weighted by Crippen LogP contribution is -2.37. The first-order valence-electron chi connectivity index (χ1n) is 12.3. The van der Waals surface area contributed by atoms with E-state index in [0.717, 1.165) is 28.1 Å². The van der Waals surface area contributed by atoms with Crippen LogP contribution in [0.2, 0.25) is 0 Å². The number of nitrogens with zero attached hydrogens (tertiary/aromatic N) is 3. The van der Waals surface area contributed by atoms with Crippen LogP contribution < -0.4 is 20.7 Å². The Morgan fingerprint density at radius 1 is 0.892 bits per heavy atom. The van der Waals surface area contributed by atoms with E-state index in [1.54, 1.807) is 11.6 Å². The van der Waals surface area contributed by atoms with Gasteiger partial charge in [-0.25, -0.2) is 4.79 Å². The van der Waals surface area contributed by atoms with E-state index in [4.69, 9.17) is 9.47 Å². The number of fused-ring (bicyclic) bond motifs is 5. The largest absolute Gasteiger partial charge is 0.493 e. The van der Waals surface area contributed by atoms with Gasteiger partial charge >= 0.3 is 5.69 Å². The molecule has 5 aromatic rings. The Balaban J connectivity index is 1.84. The monoisotopic (exact) mass is 493 g/mol. The van der Waals surface area contributed by atoms with Gasteiger partial charge in [0.15, 0.2) is 6.10 Å². The van der Waals surface area contributed by atoms with Crippen LogP contribution in [-0.4, -0.2) is 20.3 Å². The molecular formula is C30H27N3O4. The molecule has 7 heteroatoms. The fourth-order valence-electron chi connectivity index (χ4n) is 5.29. The molecule has 3 aromatic carbocycles. The average Bonchev–Trinajstić information content (AvgIpc) is 3.28. The van der Waals surface area contributed by atoms with Gasteiger partial charge in [-0.15, -0.1) is 0 Å². The van der Waals surface area contributed by atoms with Crippen LogP contribution in [0.1, 0.15) is 29.8 Å². The lowest BCUT2D eigenvalue weighted by Gasteiger charge is -2.31. The number of aryl methyl sites for hydroxylation is 2. The van der Waals surface area contributed by atoms with E-state index in [1.807, 2.05) is 86.6 Å². The summed E-state index contributed by atoms with van der Waals surface area (Å²) in [5.74, 6) is 1.38. The van der Waals surface area contributed by atoms with Crippen molar-refractivity contribution in [3.63, 3.8) is 0 Å². The molecule has 0 spiro atoms. The van der Waals surface area contributed by atoms with E-state index in [9.17, 15) is 9.59 Å². The van der Waals surface area contributed by atoms with Gasteiger partial charge in [0.05, 0.1) is 34.6 Å². The van der Waals surface area contributed by atoms with E-state index in [1.165, 1.54) is 11.6 Å². The van der Waals surface area contributed by atoms with Crippen LogP contribution >= 0.6 is 0 Å². The Morgan fingerprint density at radius 3 is 2.35 bits per heavy atom. The van der Waals surface area contributed by atoms with E-state index >= 15 is 0 Å². The van der Waals surface area contributed by atoms with Gasteiger partial charge in [-0.1, -0.05) is 60.2 Å². The van der Waals surface area contributed by atoms with Gasteiger partial charge in [0.25, 0.3) is 5.56 Å². The highest BCUT2D eigenvalue weighted by Gasteiger charge is 2.37. The van der Waals surface area contributed by atoms with Gasteiger partial charge < -0.3 is 14.0 Å². The van der Waals surface area contributed by atoms with E-state index < -0.39 is 11.8 Å². The first-order chi connectivity index (χ1) is 17.9. The molecule has 1 aliphatic heterocycles. The van der Waals surface area contributed by atoms with Crippen molar-refractivity contribution in [2.75, 3.05) is 6.61 Å². The third kappa shape index (κ3) is 3.34. The molecule has 0 aliphatic carbocycles. The summed E-state index contributed by atoms with van der Waals surface area (Å²) in [7, 11) is 3.22. The molecule has 0 bridgehead atoms. The number of hydrogen-bond donors (Lipinski definition) is 0. The number of hydrogen-bond acceptors (Lipinski definition) is 4. The lowest BCUT2D eigenvalue weighted by molar-refractivity contribution is 0.220. The summed E-state index contributed by atoms with van der Waals surface area (Å²) in [6.45, 7) is 4.46. The zero-order valence-electron chi connectivity index (χ0n) is 21.2. The van der Waals surface area contributed by atoms with Crippen molar-refractivity contribution in [1.82, 2.24) is 13.7 Å². The predicted octanol–water partition coefficient (Wildman–Crippen LogP) is 4.88. The van der Waals surface area contributed by atoms with Gasteiger partial charge in [-0.3, -0.25) is 13.9 Å². The van der Waals surface area contributed by atoms with Crippen LogP contribution in [0.15, 0.2) is 82.4 Å². The van der Waals surface area contributed by atoms with Crippen molar-refractivity contribution < 1.29 is 9.47 Å². The van der Waals surface area contributed by atoms with Gasteiger partial charge in [0.1, 0.15) is 11.5 Å². The Kier molecular flexibility index (Phi) is 5.30. The molecule has 3 heterocycles. The molecule has 0 unspecified atom stereocenters. The highest BCUT2D eigenvalue weighted by atomic mass is 16.5. The van der Waals surface area contributed by atoms with Crippen molar-refractivity contribution in [2.45, 2.75) is 20.0 Å². The second-order valence-corrected chi connectivity index (χ2v) is 9.30. The van der Waals surface area contributed by atoms with Crippen molar-refractivity contribution in [2.24, 2.45) is 14.1 Å². The molecule has 37 heavy (non-hydrogen) atoms. The summed E-state index contributed by atoms with van der Waals surface area (Å²) in [5, 5.41) is 0.475. The topological polar surface area (TPSA) is 67.4 Å². The summed E-state index contributed by atoms with van der Waals surface area (Å²) in [5.41, 5.74) is 4.89. The summed E-state index contributed by atoms with van der Waals surface area (Å²) < 4.78 is 17.4. The van der Waals surface area contributed by atoms with E-state index in [2.05, 4.69) is 4.57 Å². The van der Waals surface area contributed by atoms with Crippen LogP contribution in [0.3, 0.4) is 0 Å². The summed E-state index contributed by atoms with van der Waals surface area (Å²) >= 11 is 0. The van der Waals surface area contributed by atoms with E-state index in [-0.39, 0.29) is 5.56 Å². The minimum absolute atomic E-state index is 0.343. The standard InChI is InChI=1S/C30H27N3O4/c1-5-36-22-12-8-6-10-20(22)28-27-26-24(29(34)32(4)30(35)31(26)3)25(19-16-14-18(2)15-17-19)33(27)21-11-7-9-13-23(21)37-28/h6-17,28H,5H2,1-4H3/t28-/m0/s1. The Bertz CT molecular complexity index is 1790. The van der Waals surface area contributed by atoms with Gasteiger partial charge in [-0.2, -0.15) is 0 Å². The maximum absolute atomic E-state index is 13.8. The van der Waals surface area contributed by atoms with Crippen molar-refractivity contribution in [1.29, 1.82) is 0 Å². The van der Waals surface area contributed by atoms with Crippen LogP contribution in [0.25, 0.3) is 27.8 Å². The highest BCUT2D eigenvalue weighted by molar-refractivity contribution is 5.98. The first-order valence-corrected chi connectivity index (χ1v) is 12.3. The quantitative estimate of drug-likeness (QED) is 0.358. The maximum Gasteiger partial charge on any atom is 0.331 e. The number of ether oxygens (including phenoxy) is 2. The van der Waals surface area contributed by atoms with E-state index in [0.29, 0.717) is 34.7 Å². The average molecular weight is 494 g/mol. The second-order valence-electron chi connectivity index (χ2n) is 9.30. The molecule has 186 valence electrons. The van der Waals surface area contributed by atoms with Gasteiger partial charge in [-0.05, 0) is 37.6 Å². The Morgan fingerprint density at radius 2 is 1.59 bits per heavy atom. The third-order valence-electron chi connectivity index (χ3n) is 7.03.